The molecule has 4 rings (SSSR count). The number of ether oxygens (including phenoxy) is 1. The molecule has 2 aromatic heterocycles. The van der Waals surface area contributed by atoms with E-state index in [1.165, 1.54) is 0 Å². The molecule has 1 aromatic carbocycles. The number of aromatic nitrogens is 5. The van der Waals surface area contributed by atoms with Gasteiger partial charge in [-0.2, -0.15) is 15.0 Å². The quantitative estimate of drug-likeness (QED) is 0.633. The second-order valence-electron chi connectivity index (χ2n) is 6.69. The number of morpholine rings is 1. The number of anilines is 2. The lowest BCUT2D eigenvalue weighted by molar-refractivity contribution is -0.120. The van der Waals surface area contributed by atoms with Crippen LogP contribution in [0.2, 0.25) is 0 Å². The van der Waals surface area contributed by atoms with Crippen molar-refractivity contribution in [1.29, 1.82) is 0 Å². The first-order valence-electron chi connectivity index (χ1n) is 9.63. The average Bonchev–Trinajstić information content (AvgIpc) is 3.09. The fraction of sp³-hybridized carbons (Fsp3) is 0.421. The SMILES string of the molecule is CNC(=O)CCNc1nc(N2CCOCC2)nc(-n2c(C)nc3ccccc32)n1. The molecule has 0 aliphatic carbocycles. The molecule has 1 amide bonds. The number of hydrogen-bond acceptors (Lipinski definition) is 8. The predicted molar refractivity (Wildman–Crippen MR) is 109 cm³/mol. The average molecular weight is 396 g/mol. The smallest absolute Gasteiger partial charge is 0.242 e. The van der Waals surface area contributed by atoms with Crippen LogP contribution in [0.25, 0.3) is 17.0 Å². The van der Waals surface area contributed by atoms with Crippen LogP contribution >= 0.6 is 0 Å². The number of benzene rings is 1. The van der Waals surface area contributed by atoms with Crippen LogP contribution in [0.1, 0.15) is 12.2 Å². The lowest BCUT2D eigenvalue weighted by atomic mass is 10.3. The Morgan fingerprint density at radius 3 is 2.66 bits per heavy atom. The zero-order chi connectivity index (χ0) is 20.2. The molecule has 0 unspecified atom stereocenters. The summed E-state index contributed by atoms with van der Waals surface area (Å²) in [6.07, 6.45) is 0.331. The highest BCUT2D eigenvalue weighted by Crippen LogP contribution is 2.21. The number of para-hydroxylation sites is 2. The van der Waals surface area contributed by atoms with Gasteiger partial charge in [-0.05, 0) is 19.1 Å². The summed E-state index contributed by atoms with van der Waals surface area (Å²) in [6.45, 7) is 5.04. The Balaban J connectivity index is 1.72. The van der Waals surface area contributed by atoms with E-state index >= 15 is 0 Å². The van der Waals surface area contributed by atoms with Crippen LogP contribution in [0.4, 0.5) is 11.9 Å². The molecule has 0 atom stereocenters. The van der Waals surface area contributed by atoms with Gasteiger partial charge in [0.15, 0.2) is 0 Å². The molecule has 1 aliphatic heterocycles. The van der Waals surface area contributed by atoms with Gasteiger partial charge in [0.1, 0.15) is 5.82 Å². The summed E-state index contributed by atoms with van der Waals surface area (Å²) in [6, 6.07) is 7.88. The van der Waals surface area contributed by atoms with Crippen molar-refractivity contribution in [2.24, 2.45) is 0 Å². The van der Waals surface area contributed by atoms with Crippen molar-refractivity contribution in [3.63, 3.8) is 0 Å². The molecular weight excluding hydrogens is 372 g/mol. The summed E-state index contributed by atoms with van der Waals surface area (Å²) in [5.74, 6) is 2.25. The molecule has 0 radical (unpaired) electrons. The molecule has 29 heavy (non-hydrogen) atoms. The normalized spacial score (nSPS) is 14.2. The van der Waals surface area contributed by atoms with E-state index in [2.05, 4.69) is 30.5 Å². The molecule has 0 spiro atoms. The van der Waals surface area contributed by atoms with Gasteiger partial charge in [-0.3, -0.25) is 9.36 Å². The summed E-state index contributed by atoms with van der Waals surface area (Å²) in [7, 11) is 1.62. The topological polar surface area (TPSA) is 110 Å². The second-order valence-corrected chi connectivity index (χ2v) is 6.69. The van der Waals surface area contributed by atoms with Crippen LogP contribution in [-0.4, -0.2) is 70.3 Å². The summed E-state index contributed by atoms with van der Waals surface area (Å²) in [5, 5.41) is 5.75. The van der Waals surface area contributed by atoms with Crippen molar-refractivity contribution in [3.8, 4) is 5.95 Å². The van der Waals surface area contributed by atoms with Gasteiger partial charge >= 0.3 is 0 Å². The molecular formula is C19H24N8O2. The molecule has 3 heterocycles. The molecule has 2 N–H and O–H groups in total. The number of aryl methyl sites for hydroxylation is 1. The molecule has 10 nitrogen and oxygen atoms in total. The zero-order valence-electron chi connectivity index (χ0n) is 16.6. The Labute approximate surface area is 168 Å². The van der Waals surface area contributed by atoms with Gasteiger partial charge in [0.05, 0.1) is 24.2 Å². The number of carbonyl (C=O) groups is 1. The molecule has 10 heteroatoms. The van der Waals surface area contributed by atoms with E-state index in [1.54, 1.807) is 7.05 Å². The first kappa shape index (κ1) is 19.1. The Morgan fingerprint density at radius 1 is 1.10 bits per heavy atom. The zero-order valence-corrected chi connectivity index (χ0v) is 16.6. The van der Waals surface area contributed by atoms with Crippen LogP contribution in [-0.2, 0) is 9.53 Å². The van der Waals surface area contributed by atoms with Crippen LogP contribution in [0.5, 0.6) is 0 Å². The second kappa shape index (κ2) is 8.39. The molecule has 152 valence electrons. The highest BCUT2D eigenvalue weighted by Gasteiger charge is 2.19. The number of fused-ring (bicyclic) bond motifs is 1. The summed E-state index contributed by atoms with van der Waals surface area (Å²) >= 11 is 0. The number of rotatable bonds is 6. The number of hydrogen-bond donors (Lipinski definition) is 2. The lowest BCUT2D eigenvalue weighted by Gasteiger charge is -2.27. The first-order chi connectivity index (χ1) is 14.2. The van der Waals surface area contributed by atoms with E-state index in [0.717, 1.165) is 16.9 Å². The largest absolute Gasteiger partial charge is 0.378 e. The number of nitrogens with one attached hydrogen (secondary N) is 2. The Bertz CT molecular complexity index is 1010. The molecule has 3 aromatic rings. The summed E-state index contributed by atoms with van der Waals surface area (Å²) in [4.78, 5) is 32.1. The maximum atomic E-state index is 11.5. The number of nitrogens with zero attached hydrogens (tertiary/aromatic N) is 6. The van der Waals surface area contributed by atoms with Gasteiger partial charge in [0.2, 0.25) is 23.8 Å². The van der Waals surface area contributed by atoms with Crippen molar-refractivity contribution in [2.45, 2.75) is 13.3 Å². The van der Waals surface area contributed by atoms with Gasteiger partial charge in [0, 0.05) is 33.1 Å². The lowest BCUT2D eigenvalue weighted by Crippen LogP contribution is -2.37. The number of imidazole rings is 1. The van der Waals surface area contributed by atoms with E-state index in [9.17, 15) is 4.79 Å². The Morgan fingerprint density at radius 2 is 1.86 bits per heavy atom. The Hall–Kier alpha value is -3.27. The minimum atomic E-state index is -0.0448. The minimum absolute atomic E-state index is 0.0448. The number of amides is 1. The van der Waals surface area contributed by atoms with Gasteiger partial charge in [-0.25, -0.2) is 4.98 Å². The fourth-order valence-corrected chi connectivity index (χ4v) is 3.25. The maximum absolute atomic E-state index is 11.5. The fourth-order valence-electron chi connectivity index (χ4n) is 3.25. The van der Waals surface area contributed by atoms with Gasteiger partial charge in [-0.1, -0.05) is 12.1 Å². The Kier molecular flexibility index (Phi) is 5.52. The predicted octanol–water partition coefficient (Wildman–Crippen LogP) is 0.904. The van der Waals surface area contributed by atoms with E-state index in [1.807, 2.05) is 35.8 Å². The molecule has 0 bridgehead atoms. The molecule has 0 saturated carbocycles. The summed E-state index contributed by atoms with van der Waals surface area (Å²) in [5.41, 5.74) is 1.81. The van der Waals surface area contributed by atoms with Crippen LogP contribution in [0.3, 0.4) is 0 Å². The van der Waals surface area contributed by atoms with E-state index in [0.29, 0.717) is 57.1 Å². The maximum Gasteiger partial charge on any atom is 0.242 e. The molecule has 1 fully saturated rings. The van der Waals surface area contributed by atoms with Crippen LogP contribution in [0.15, 0.2) is 24.3 Å². The highest BCUT2D eigenvalue weighted by atomic mass is 16.5. The van der Waals surface area contributed by atoms with Crippen LogP contribution in [0, 0.1) is 6.92 Å². The van der Waals surface area contributed by atoms with E-state index in [-0.39, 0.29) is 5.91 Å². The molecule has 1 aliphatic rings. The van der Waals surface area contributed by atoms with Crippen molar-refractivity contribution in [2.75, 3.05) is 50.1 Å². The van der Waals surface area contributed by atoms with Crippen molar-refractivity contribution >= 4 is 28.8 Å². The third kappa shape index (κ3) is 4.11. The van der Waals surface area contributed by atoms with E-state index < -0.39 is 0 Å². The van der Waals surface area contributed by atoms with Crippen molar-refractivity contribution in [1.82, 2.24) is 29.8 Å². The third-order valence-corrected chi connectivity index (χ3v) is 4.75. The van der Waals surface area contributed by atoms with E-state index in [4.69, 9.17) is 9.72 Å². The first-order valence-corrected chi connectivity index (χ1v) is 9.63. The highest BCUT2D eigenvalue weighted by molar-refractivity contribution is 5.77. The summed E-state index contributed by atoms with van der Waals surface area (Å²) < 4.78 is 7.37. The third-order valence-electron chi connectivity index (χ3n) is 4.75. The standard InChI is InChI=1S/C19H24N8O2/c1-13-22-14-5-3-4-6-15(14)27(13)19-24-17(21-8-7-16(28)20-2)23-18(25-19)26-9-11-29-12-10-26/h3-6H,7-12H2,1-2H3,(H,20,28)(H,21,23,24,25). The van der Waals surface area contributed by atoms with Crippen molar-refractivity contribution in [3.05, 3.63) is 30.1 Å². The van der Waals surface area contributed by atoms with Crippen molar-refractivity contribution < 1.29 is 9.53 Å². The molecule has 1 saturated heterocycles. The van der Waals surface area contributed by atoms with Gasteiger partial charge in [-0.15, -0.1) is 0 Å². The van der Waals surface area contributed by atoms with Crippen LogP contribution < -0.4 is 15.5 Å². The monoisotopic (exact) mass is 396 g/mol. The van der Waals surface area contributed by atoms with Gasteiger partial charge in [0.25, 0.3) is 0 Å². The minimum Gasteiger partial charge on any atom is -0.378 e. The number of carbonyl (C=O) groups excluding carboxylic acids is 1. The van der Waals surface area contributed by atoms with Gasteiger partial charge < -0.3 is 20.3 Å².